The Morgan fingerprint density at radius 3 is 2.62 bits per heavy atom. The smallest absolute Gasteiger partial charge is 0.0403 e. The monoisotopic (exact) mass is 216 g/mol. The van der Waals surface area contributed by atoms with Crippen molar-refractivity contribution in [3.8, 4) is 0 Å². The minimum absolute atomic E-state index is 0.231. The molecule has 1 aromatic rings. The van der Waals surface area contributed by atoms with Gasteiger partial charge in [-0.3, -0.25) is 0 Å². The number of hydrogen-bond donors (Lipinski definition) is 1. The van der Waals surface area contributed by atoms with E-state index in [1.807, 2.05) is 0 Å². The molecule has 16 heavy (non-hydrogen) atoms. The molecule has 0 fully saturated rings. The predicted molar refractivity (Wildman–Crippen MR) is 68.8 cm³/mol. The number of rotatable bonds is 3. The summed E-state index contributed by atoms with van der Waals surface area (Å²) in [6.45, 7) is 4.10. The summed E-state index contributed by atoms with van der Waals surface area (Å²) in [6, 6.07) is 10.6. The minimum atomic E-state index is 0.231. The molecular formula is C14H20N2. The molecule has 1 aliphatic rings. The molecule has 0 aliphatic carbocycles. The fraction of sp³-hybridized carbons (Fsp3) is 0.429. The van der Waals surface area contributed by atoms with E-state index in [1.165, 1.54) is 11.3 Å². The number of benzene rings is 1. The van der Waals surface area contributed by atoms with Crippen molar-refractivity contribution in [2.45, 2.75) is 13.3 Å². The Morgan fingerprint density at radius 1 is 1.31 bits per heavy atom. The van der Waals surface area contributed by atoms with Gasteiger partial charge in [-0.15, -0.1) is 0 Å². The normalized spacial score (nSPS) is 24.7. The summed E-state index contributed by atoms with van der Waals surface area (Å²) in [5.41, 5.74) is 8.53. The van der Waals surface area contributed by atoms with Gasteiger partial charge in [0.25, 0.3) is 0 Å². The van der Waals surface area contributed by atoms with Gasteiger partial charge in [0.15, 0.2) is 0 Å². The second-order valence-corrected chi connectivity index (χ2v) is 4.94. The molecule has 1 atom stereocenters. The lowest BCUT2D eigenvalue weighted by molar-refractivity contribution is 0.327. The molecule has 2 N–H and O–H groups in total. The van der Waals surface area contributed by atoms with E-state index < -0.39 is 0 Å². The van der Waals surface area contributed by atoms with Crippen LogP contribution in [0, 0.1) is 5.41 Å². The molecule has 0 saturated heterocycles. The topological polar surface area (TPSA) is 29.3 Å². The first-order valence-electron chi connectivity index (χ1n) is 5.84. The predicted octanol–water partition coefficient (Wildman–Crippen LogP) is 2.33. The van der Waals surface area contributed by atoms with Crippen LogP contribution in [0.3, 0.4) is 0 Å². The van der Waals surface area contributed by atoms with Crippen LogP contribution in [0.25, 0.3) is 5.70 Å². The molecular weight excluding hydrogens is 196 g/mol. The molecule has 0 saturated carbocycles. The fourth-order valence-electron chi connectivity index (χ4n) is 2.51. The highest BCUT2D eigenvalue weighted by Gasteiger charge is 2.31. The Balaban J connectivity index is 2.28. The van der Waals surface area contributed by atoms with Gasteiger partial charge in [0.05, 0.1) is 0 Å². The van der Waals surface area contributed by atoms with E-state index in [0.29, 0.717) is 0 Å². The summed E-state index contributed by atoms with van der Waals surface area (Å²) in [7, 11) is 2.15. The Bertz CT molecular complexity index is 383. The summed E-state index contributed by atoms with van der Waals surface area (Å²) >= 11 is 0. The maximum Gasteiger partial charge on any atom is 0.0403 e. The van der Waals surface area contributed by atoms with Crippen LogP contribution >= 0.6 is 0 Å². The van der Waals surface area contributed by atoms with Crippen LogP contribution in [0.5, 0.6) is 0 Å². The standard InChI is InChI=1S/C14H20N2/c1-14(8-9-15)10-13(16(2)11-14)12-6-4-3-5-7-12/h3-7,10H,8-9,11,15H2,1-2H3. The van der Waals surface area contributed by atoms with Gasteiger partial charge in [0, 0.05) is 24.7 Å². The summed E-state index contributed by atoms with van der Waals surface area (Å²) in [6.07, 6.45) is 3.42. The molecule has 0 bridgehead atoms. The van der Waals surface area contributed by atoms with Crippen molar-refractivity contribution < 1.29 is 0 Å². The van der Waals surface area contributed by atoms with E-state index >= 15 is 0 Å². The largest absolute Gasteiger partial charge is 0.373 e. The van der Waals surface area contributed by atoms with Crippen molar-refractivity contribution >= 4 is 5.70 Å². The van der Waals surface area contributed by atoms with Crippen LogP contribution in [-0.4, -0.2) is 25.0 Å². The van der Waals surface area contributed by atoms with Crippen LogP contribution in [0.4, 0.5) is 0 Å². The molecule has 1 aliphatic heterocycles. The van der Waals surface area contributed by atoms with Gasteiger partial charge in [0.2, 0.25) is 0 Å². The Kier molecular flexibility index (Phi) is 3.01. The summed E-state index contributed by atoms with van der Waals surface area (Å²) in [4.78, 5) is 2.32. The van der Waals surface area contributed by atoms with Gasteiger partial charge in [-0.2, -0.15) is 0 Å². The molecule has 0 spiro atoms. The quantitative estimate of drug-likeness (QED) is 0.840. The second-order valence-electron chi connectivity index (χ2n) is 4.94. The zero-order chi connectivity index (χ0) is 11.6. The lowest BCUT2D eigenvalue weighted by Gasteiger charge is -2.23. The minimum Gasteiger partial charge on any atom is -0.373 e. The van der Waals surface area contributed by atoms with Crippen molar-refractivity contribution in [3.63, 3.8) is 0 Å². The third-order valence-corrected chi connectivity index (χ3v) is 3.28. The molecule has 2 rings (SSSR count). The van der Waals surface area contributed by atoms with Crippen molar-refractivity contribution in [2.75, 3.05) is 20.1 Å². The van der Waals surface area contributed by atoms with E-state index in [0.717, 1.165) is 19.5 Å². The Morgan fingerprint density at radius 2 is 2.00 bits per heavy atom. The molecule has 2 nitrogen and oxygen atoms in total. The van der Waals surface area contributed by atoms with Gasteiger partial charge >= 0.3 is 0 Å². The van der Waals surface area contributed by atoms with Crippen LogP contribution in [0.1, 0.15) is 18.9 Å². The van der Waals surface area contributed by atoms with E-state index in [1.54, 1.807) is 0 Å². The highest BCUT2D eigenvalue weighted by Crippen LogP contribution is 2.37. The van der Waals surface area contributed by atoms with Crippen LogP contribution < -0.4 is 5.73 Å². The average molecular weight is 216 g/mol. The molecule has 2 heteroatoms. The third-order valence-electron chi connectivity index (χ3n) is 3.28. The second kappa shape index (κ2) is 4.30. The van der Waals surface area contributed by atoms with Gasteiger partial charge in [-0.1, -0.05) is 43.3 Å². The van der Waals surface area contributed by atoms with E-state index in [2.05, 4.69) is 55.3 Å². The number of nitrogens with two attached hydrogens (primary N) is 1. The lowest BCUT2D eigenvalue weighted by Crippen LogP contribution is -2.25. The third kappa shape index (κ3) is 2.12. The first-order valence-corrected chi connectivity index (χ1v) is 5.84. The first-order chi connectivity index (χ1) is 7.64. The van der Waals surface area contributed by atoms with Gasteiger partial charge in [-0.25, -0.2) is 0 Å². The van der Waals surface area contributed by atoms with Crippen LogP contribution in [0.2, 0.25) is 0 Å². The first kappa shape index (κ1) is 11.2. The van der Waals surface area contributed by atoms with Gasteiger partial charge in [0.1, 0.15) is 0 Å². The molecule has 0 aromatic heterocycles. The van der Waals surface area contributed by atoms with E-state index in [-0.39, 0.29) is 5.41 Å². The van der Waals surface area contributed by atoms with Crippen molar-refractivity contribution in [1.29, 1.82) is 0 Å². The number of hydrogen-bond acceptors (Lipinski definition) is 2. The van der Waals surface area contributed by atoms with Crippen molar-refractivity contribution in [2.24, 2.45) is 11.1 Å². The maximum atomic E-state index is 5.68. The van der Waals surface area contributed by atoms with Crippen molar-refractivity contribution in [1.82, 2.24) is 4.90 Å². The van der Waals surface area contributed by atoms with E-state index in [9.17, 15) is 0 Å². The highest BCUT2D eigenvalue weighted by molar-refractivity contribution is 5.66. The molecule has 0 radical (unpaired) electrons. The molecule has 1 aromatic carbocycles. The highest BCUT2D eigenvalue weighted by atomic mass is 15.1. The Hall–Kier alpha value is -1.28. The van der Waals surface area contributed by atoms with Crippen LogP contribution in [0.15, 0.2) is 36.4 Å². The molecule has 0 amide bonds. The molecule has 1 heterocycles. The zero-order valence-electron chi connectivity index (χ0n) is 10.1. The lowest BCUT2D eigenvalue weighted by atomic mass is 9.88. The van der Waals surface area contributed by atoms with Crippen LogP contribution in [-0.2, 0) is 0 Å². The summed E-state index contributed by atoms with van der Waals surface area (Å²) < 4.78 is 0. The Labute approximate surface area is 97.8 Å². The summed E-state index contributed by atoms with van der Waals surface area (Å²) in [5.74, 6) is 0. The zero-order valence-corrected chi connectivity index (χ0v) is 10.1. The fourth-order valence-corrected chi connectivity index (χ4v) is 2.51. The molecule has 1 unspecified atom stereocenters. The average Bonchev–Trinajstić information content (AvgIpc) is 2.56. The van der Waals surface area contributed by atoms with Crippen molar-refractivity contribution in [3.05, 3.63) is 42.0 Å². The number of nitrogens with zero attached hydrogens (tertiary/aromatic N) is 1. The SMILES string of the molecule is CN1CC(C)(CCN)C=C1c1ccccc1. The maximum absolute atomic E-state index is 5.68. The van der Waals surface area contributed by atoms with E-state index in [4.69, 9.17) is 5.73 Å². The molecule has 86 valence electrons. The van der Waals surface area contributed by atoms with Gasteiger partial charge < -0.3 is 10.6 Å². The van der Waals surface area contributed by atoms with Gasteiger partial charge in [-0.05, 0) is 18.5 Å². The summed E-state index contributed by atoms with van der Waals surface area (Å²) in [5, 5.41) is 0.